The molecule has 7 rings (SSSR count). The summed E-state index contributed by atoms with van der Waals surface area (Å²) < 4.78 is 15.7. The first-order valence-electron chi connectivity index (χ1n) is 13.3. The molecular formula is C28H25FN10O2. The number of amides is 1. The van der Waals surface area contributed by atoms with E-state index in [0.29, 0.717) is 52.1 Å². The molecule has 2 fully saturated rings. The lowest BCUT2D eigenvalue weighted by Crippen LogP contribution is -2.46. The van der Waals surface area contributed by atoms with E-state index in [9.17, 15) is 14.0 Å². The number of ketones is 1. The van der Waals surface area contributed by atoms with Crippen molar-refractivity contribution in [2.24, 2.45) is 0 Å². The van der Waals surface area contributed by atoms with Gasteiger partial charge in [-0.2, -0.15) is 14.0 Å². The van der Waals surface area contributed by atoms with Crippen molar-refractivity contribution < 1.29 is 14.0 Å². The van der Waals surface area contributed by atoms with Gasteiger partial charge in [0.1, 0.15) is 12.1 Å². The minimum atomic E-state index is -0.595. The van der Waals surface area contributed by atoms with Gasteiger partial charge in [0.15, 0.2) is 11.4 Å². The molecule has 2 aliphatic heterocycles. The first-order chi connectivity index (χ1) is 19.9. The molecule has 0 saturated carbocycles. The molecule has 0 aliphatic carbocycles. The van der Waals surface area contributed by atoms with Crippen LogP contribution in [-0.2, 0) is 0 Å². The number of hydrogen-bond acceptors (Lipinski definition) is 9. The average molecular weight is 553 g/mol. The molecule has 0 aromatic carbocycles. The van der Waals surface area contributed by atoms with E-state index in [1.54, 1.807) is 30.6 Å². The predicted molar refractivity (Wildman–Crippen MR) is 145 cm³/mol. The number of nitrogen functional groups attached to an aromatic ring is 1. The number of fused-ring (bicyclic) bond motifs is 3. The zero-order valence-corrected chi connectivity index (χ0v) is 22.0. The summed E-state index contributed by atoms with van der Waals surface area (Å²) in [6.45, 7) is 1.48. The number of rotatable bonds is 5. The van der Waals surface area contributed by atoms with Crippen molar-refractivity contribution in [3.8, 4) is 22.4 Å². The fourth-order valence-electron chi connectivity index (χ4n) is 6.35. The Morgan fingerprint density at radius 1 is 1.07 bits per heavy atom. The van der Waals surface area contributed by atoms with Crippen molar-refractivity contribution in [1.29, 1.82) is 0 Å². The lowest BCUT2D eigenvalue weighted by molar-refractivity contribution is 0.0556. The average Bonchev–Trinajstić information content (AvgIpc) is 3.71. The quantitative estimate of drug-likeness (QED) is 0.246. The van der Waals surface area contributed by atoms with Gasteiger partial charge in [-0.3, -0.25) is 14.6 Å². The molecule has 2 saturated heterocycles. The van der Waals surface area contributed by atoms with Gasteiger partial charge in [-0.15, -0.1) is 10.2 Å². The molecule has 7 heterocycles. The molecule has 0 unspecified atom stereocenters. The first kappa shape index (κ1) is 24.9. The highest BCUT2D eigenvalue weighted by molar-refractivity contribution is 6.00. The Bertz CT molecular complexity index is 1790. The largest absolute Gasteiger partial charge is 0.383 e. The molecule has 5 aromatic heterocycles. The smallest absolute Gasteiger partial charge is 0.292 e. The zero-order valence-electron chi connectivity index (χ0n) is 22.0. The minimum Gasteiger partial charge on any atom is -0.383 e. The summed E-state index contributed by atoms with van der Waals surface area (Å²) in [5.74, 6) is -0.581. The molecule has 13 heteroatoms. The number of piperidine rings is 1. The molecule has 0 spiro atoms. The van der Waals surface area contributed by atoms with Crippen LogP contribution in [0.25, 0.3) is 28.0 Å². The molecule has 0 radical (unpaired) electrons. The maximum Gasteiger partial charge on any atom is 0.292 e. The lowest BCUT2D eigenvalue weighted by atomic mass is 9.85. The van der Waals surface area contributed by atoms with Crippen molar-refractivity contribution >= 4 is 23.2 Å². The predicted octanol–water partition coefficient (Wildman–Crippen LogP) is 3.45. The van der Waals surface area contributed by atoms with Gasteiger partial charge in [-0.1, -0.05) is 6.07 Å². The molecular weight excluding hydrogens is 527 g/mol. The number of anilines is 1. The molecule has 3 atom stereocenters. The molecule has 12 nitrogen and oxygen atoms in total. The number of hydrogen-bond donors (Lipinski definition) is 2. The van der Waals surface area contributed by atoms with Gasteiger partial charge in [0.05, 0.1) is 28.7 Å². The fraction of sp³-hybridized carbons (Fsp3) is 0.286. The summed E-state index contributed by atoms with van der Waals surface area (Å²) in [4.78, 5) is 43.8. The van der Waals surface area contributed by atoms with E-state index in [0.717, 1.165) is 12.8 Å². The number of aromatic amines is 1. The summed E-state index contributed by atoms with van der Waals surface area (Å²) in [5, 5.41) is 12.1. The van der Waals surface area contributed by atoms with Gasteiger partial charge in [0.2, 0.25) is 11.8 Å². The maximum absolute atomic E-state index is 14.2. The second-order valence-corrected chi connectivity index (χ2v) is 10.5. The number of Topliss-reactive ketones (excluding diaryl/α,β-unsaturated/α-hetero) is 1. The number of halogens is 1. The number of aromatic nitrogens is 8. The zero-order chi connectivity index (χ0) is 28.2. The number of nitrogens with two attached hydrogens (primary N) is 1. The maximum atomic E-state index is 14.2. The highest BCUT2D eigenvalue weighted by Crippen LogP contribution is 2.45. The third-order valence-electron chi connectivity index (χ3n) is 8.15. The van der Waals surface area contributed by atoms with E-state index >= 15 is 0 Å². The Hall–Kier alpha value is -5.07. The molecule has 2 aliphatic rings. The van der Waals surface area contributed by atoms with Crippen molar-refractivity contribution in [2.45, 2.75) is 50.6 Å². The number of pyridine rings is 2. The van der Waals surface area contributed by atoms with Gasteiger partial charge >= 0.3 is 0 Å². The summed E-state index contributed by atoms with van der Waals surface area (Å²) in [5.41, 5.74) is 10.2. The Morgan fingerprint density at radius 3 is 2.54 bits per heavy atom. The van der Waals surface area contributed by atoms with Crippen LogP contribution in [0.3, 0.4) is 0 Å². The lowest BCUT2D eigenvalue weighted by Gasteiger charge is -2.38. The fourth-order valence-corrected chi connectivity index (χ4v) is 6.35. The Morgan fingerprint density at radius 2 is 1.88 bits per heavy atom. The third-order valence-corrected chi connectivity index (χ3v) is 8.15. The van der Waals surface area contributed by atoms with Crippen LogP contribution in [0, 0.1) is 5.95 Å². The van der Waals surface area contributed by atoms with Crippen LogP contribution in [0.1, 0.15) is 65.2 Å². The van der Waals surface area contributed by atoms with E-state index in [1.807, 2.05) is 11.0 Å². The van der Waals surface area contributed by atoms with E-state index < -0.39 is 5.95 Å². The van der Waals surface area contributed by atoms with Crippen LogP contribution in [-0.4, -0.2) is 68.4 Å². The van der Waals surface area contributed by atoms with Crippen molar-refractivity contribution in [3.63, 3.8) is 0 Å². The molecule has 206 valence electrons. The molecule has 5 aromatic rings. The van der Waals surface area contributed by atoms with Gasteiger partial charge < -0.3 is 15.6 Å². The van der Waals surface area contributed by atoms with Crippen LogP contribution in [0.4, 0.5) is 10.2 Å². The van der Waals surface area contributed by atoms with Crippen molar-refractivity contribution in [1.82, 2.24) is 44.6 Å². The summed E-state index contributed by atoms with van der Waals surface area (Å²) in [7, 11) is 0. The van der Waals surface area contributed by atoms with E-state index in [2.05, 4.69) is 30.2 Å². The summed E-state index contributed by atoms with van der Waals surface area (Å²) in [6.07, 6.45) is 9.07. The van der Waals surface area contributed by atoms with Crippen LogP contribution >= 0.6 is 0 Å². The Balaban J connectivity index is 1.26. The SMILES string of the molecule is CC(=O)c1c([C@@H]2C[C@H]3CC[C@@H](C2)N3C(=O)c2nnc[nH]2)nc2c(-c3ccc(-c4cccnc4F)nc3)cnn2c1N. The number of nitrogens with one attached hydrogen (secondary N) is 1. The molecule has 1 amide bonds. The van der Waals surface area contributed by atoms with Crippen LogP contribution in [0.2, 0.25) is 0 Å². The molecule has 2 bridgehead atoms. The number of carbonyl (C=O) groups excluding carboxylic acids is 2. The molecule has 41 heavy (non-hydrogen) atoms. The molecule has 3 N–H and O–H groups in total. The number of nitrogens with zero attached hydrogens (tertiary/aromatic N) is 8. The van der Waals surface area contributed by atoms with Crippen molar-refractivity contribution in [3.05, 3.63) is 72.2 Å². The first-order valence-corrected chi connectivity index (χ1v) is 13.3. The van der Waals surface area contributed by atoms with Gasteiger partial charge in [0, 0.05) is 41.5 Å². The summed E-state index contributed by atoms with van der Waals surface area (Å²) >= 11 is 0. The van der Waals surface area contributed by atoms with E-state index in [4.69, 9.17) is 10.7 Å². The third kappa shape index (κ3) is 4.03. The van der Waals surface area contributed by atoms with Crippen LogP contribution in [0.15, 0.2) is 49.2 Å². The second kappa shape index (κ2) is 9.54. The minimum absolute atomic E-state index is 0.00981. The Kier molecular flexibility index (Phi) is 5.80. The van der Waals surface area contributed by atoms with Gasteiger partial charge in [-0.25, -0.2) is 9.97 Å². The normalized spacial score (nSPS) is 20.0. The topological polar surface area (TPSA) is 161 Å². The van der Waals surface area contributed by atoms with E-state index in [-0.39, 0.29) is 41.3 Å². The highest BCUT2D eigenvalue weighted by Gasteiger charge is 2.45. The van der Waals surface area contributed by atoms with Crippen LogP contribution < -0.4 is 5.73 Å². The Labute approximate surface area is 232 Å². The second-order valence-electron chi connectivity index (χ2n) is 10.5. The van der Waals surface area contributed by atoms with Gasteiger partial charge in [-0.05, 0) is 50.8 Å². The standard InChI is InChI=1S/C28H25FN10O2/c1-14(40)22-23(16-9-17-5-6-18(10-16)38(17)28(41)26-33-13-34-37-26)36-27-20(12-35-39(27)25(22)30)15-4-7-21(32-11-15)19-3-2-8-31-24(19)29/h2-4,7-8,11-13,16-18H,5-6,9-10,30H2,1H3,(H,33,34,37)/t16-,17-,18+. The van der Waals surface area contributed by atoms with Crippen LogP contribution in [0.5, 0.6) is 0 Å². The summed E-state index contributed by atoms with van der Waals surface area (Å²) in [6, 6.07) is 6.78. The van der Waals surface area contributed by atoms with Gasteiger partial charge in [0.25, 0.3) is 5.91 Å². The number of H-pyrrole nitrogens is 1. The van der Waals surface area contributed by atoms with Crippen molar-refractivity contribution in [2.75, 3.05) is 5.73 Å². The monoisotopic (exact) mass is 552 g/mol. The number of carbonyl (C=O) groups is 2. The van der Waals surface area contributed by atoms with E-state index in [1.165, 1.54) is 24.0 Å². The highest BCUT2D eigenvalue weighted by atomic mass is 19.1.